The van der Waals surface area contributed by atoms with Gasteiger partial charge in [0.15, 0.2) is 11.6 Å². The second-order valence-corrected chi connectivity index (χ2v) is 7.24. The van der Waals surface area contributed by atoms with Crippen LogP contribution in [-0.2, 0) is 13.2 Å². The molecule has 0 aliphatic carbocycles. The van der Waals surface area contributed by atoms with Crippen molar-refractivity contribution in [1.29, 1.82) is 0 Å². The number of furan rings is 1. The van der Waals surface area contributed by atoms with Crippen molar-refractivity contribution in [3.63, 3.8) is 0 Å². The van der Waals surface area contributed by atoms with Gasteiger partial charge in [-0.25, -0.2) is 0 Å². The topological polar surface area (TPSA) is 69.3 Å². The highest BCUT2D eigenvalue weighted by Gasteiger charge is 2.16. The van der Waals surface area contributed by atoms with Gasteiger partial charge in [0.2, 0.25) is 0 Å². The first-order chi connectivity index (χ1) is 14.6. The van der Waals surface area contributed by atoms with Gasteiger partial charge in [-0.05, 0) is 42.3 Å². The number of anilines is 1. The quantitative estimate of drug-likeness (QED) is 0.438. The summed E-state index contributed by atoms with van der Waals surface area (Å²) in [4.78, 5) is 12.5. The van der Waals surface area contributed by atoms with Gasteiger partial charge >= 0.3 is 0 Å². The summed E-state index contributed by atoms with van der Waals surface area (Å²) in [5, 5.41) is 7.39. The molecule has 2 aromatic carbocycles. The van der Waals surface area contributed by atoms with Gasteiger partial charge < -0.3 is 14.5 Å². The van der Waals surface area contributed by atoms with Crippen molar-refractivity contribution in [3.05, 3.63) is 101 Å². The molecule has 6 nitrogen and oxygen atoms in total. The summed E-state index contributed by atoms with van der Waals surface area (Å²) in [6.45, 7) is 2.77. The van der Waals surface area contributed by atoms with Gasteiger partial charge in [0.05, 0.1) is 6.54 Å². The Morgan fingerprint density at radius 3 is 2.77 bits per heavy atom. The summed E-state index contributed by atoms with van der Waals surface area (Å²) in [5.74, 6) is 1.30. The monoisotopic (exact) mass is 421 g/mol. The Balaban J connectivity index is 1.37. The number of hydrogen-bond acceptors (Lipinski definition) is 4. The number of carbonyl (C=O) groups is 1. The van der Waals surface area contributed by atoms with Crippen LogP contribution in [-0.4, -0.2) is 15.7 Å². The van der Waals surface area contributed by atoms with E-state index in [1.807, 2.05) is 61.5 Å². The lowest BCUT2D eigenvalue weighted by Gasteiger charge is -2.05. The minimum absolute atomic E-state index is 0.159. The number of ether oxygens (including phenoxy) is 1. The minimum atomic E-state index is -0.427. The van der Waals surface area contributed by atoms with E-state index in [1.54, 1.807) is 23.0 Å². The smallest absolute Gasteiger partial charge is 0.292 e. The first-order valence-corrected chi connectivity index (χ1v) is 9.81. The summed E-state index contributed by atoms with van der Waals surface area (Å²) in [6, 6.07) is 20.9. The van der Waals surface area contributed by atoms with Crippen LogP contribution in [0.25, 0.3) is 0 Å². The van der Waals surface area contributed by atoms with Crippen LogP contribution in [0.4, 0.5) is 5.82 Å². The highest BCUT2D eigenvalue weighted by molar-refractivity contribution is 6.33. The van der Waals surface area contributed by atoms with Crippen LogP contribution in [0.1, 0.15) is 27.4 Å². The number of carbonyl (C=O) groups excluding carboxylic acids is 1. The van der Waals surface area contributed by atoms with Crippen molar-refractivity contribution >= 4 is 23.3 Å². The number of aromatic nitrogens is 2. The maximum absolute atomic E-state index is 12.5. The van der Waals surface area contributed by atoms with Crippen LogP contribution >= 0.6 is 11.6 Å². The predicted molar refractivity (Wildman–Crippen MR) is 115 cm³/mol. The van der Waals surface area contributed by atoms with Gasteiger partial charge in [-0.3, -0.25) is 9.48 Å². The molecule has 0 spiro atoms. The summed E-state index contributed by atoms with van der Waals surface area (Å²) in [5.41, 5.74) is 2.19. The highest BCUT2D eigenvalue weighted by Crippen LogP contribution is 2.22. The summed E-state index contributed by atoms with van der Waals surface area (Å²) in [7, 11) is 0. The molecule has 4 rings (SSSR count). The molecule has 0 bridgehead atoms. The van der Waals surface area contributed by atoms with E-state index in [0.29, 0.717) is 17.3 Å². The third-order valence-electron chi connectivity index (χ3n) is 4.39. The van der Waals surface area contributed by atoms with Crippen LogP contribution in [0.5, 0.6) is 5.75 Å². The van der Waals surface area contributed by atoms with E-state index in [-0.39, 0.29) is 18.2 Å². The zero-order valence-electron chi connectivity index (χ0n) is 16.3. The van der Waals surface area contributed by atoms with Gasteiger partial charge in [-0.1, -0.05) is 54.1 Å². The number of halogens is 1. The van der Waals surface area contributed by atoms with E-state index in [2.05, 4.69) is 10.4 Å². The molecule has 0 aliphatic heterocycles. The van der Waals surface area contributed by atoms with Crippen LogP contribution in [0, 0.1) is 6.92 Å². The number of aryl methyl sites for hydroxylation is 1. The fourth-order valence-corrected chi connectivity index (χ4v) is 3.14. The predicted octanol–water partition coefficient (Wildman–Crippen LogP) is 5.32. The molecule has 0 fully saturated rings. The first kappa shape index (κ1) is 19.8. The molecule has 0 radical (unpaired) electrons. The Morgan fingerprint density at radius 1 is 1.13 bits per heavy atom. The average molecular weight is 422 g/mol. The molecule has 152 valence electrons. The van der Waals surface area contributed by atoms with E-state index in [1.165, 1.54) is 0 Å². The van der Waals surface area contributed by atoms with Gasteiger partial charge in [-0.2, -0.15) is 5.10 Å². The van der Waals surface area contributed by atoms with Gasteiger partial charge in [0.25, 0.3) is 5.91 Å². The lowest BCUT2D eigenvalue weighted by Crippen LogP contribution is -2.12. The van der Waals surface area contributed by atoms with Crippen molar-refractivity contribution < 1.29 is 13.9 Å². The molecular formula is C23H20ClN3O3. The first-order valence-electron chi connectivity index (χ1n) is 9.43. The van der Waals surface area contributed by atoms with E-state index < -0.39 is 5.91 Å². The molecule has 2 heterocycles. The molecule has 2 aromatic heterocycles. The van der Waals surface area contributed by atoms with Crippen LogP contribution in [0.3, 0.4) is 0 Å². The average Bonchev–Trinajstić information content (AvgIpc) is 3.34. The van der Waals surface area contributed by atoms with E-state index in [0.717, 1.165) is 16.9 Å². The number of benzene rings is 2. The highest BCUT2D eigenvalue weighted by atomic mass is 35.5. The Kier molecular flexibility index (Phi) is 5.86. The summed E-state index contributed by atoms with van der Waals surface area (Å²) >= 11 is 6.23. The fraction of sp³-hybridized carbons (Fsp3) is 0.130. The Labute approximate surface area is 179 Å². The largest absolute Gasteiger partial charge is 0.486 e. The maximum atomic E-state index is 12.5. The molecule has 0 saturated heterocycles. The van der Waals surface area contributed by atoms with Gasteiger partial charge in [0, 0.05) is 6.20 Å². The third-order valence-corrected chi connectivity index (χ3v) is 4.67. The molecule has 0 atom stereocenters. The standard InChI is InChI=1S/C23H20ClN3O3/c1-16-6-5-9-18(12-16)29-15-19-10-11-21(30-19)23(28)25-22-20(24)14-27(26-22)13-17-7-3-2-4-8-17/h2-12,14H,13,15H2,1H3,(H,25,26,28). The zero-order chi connectivity index (χ0) is 20.9. The molecule has 1 N–H and O–H groups in total. The van der Waals surface area contributed by atoms with Crippen LogP contribution < -0.4 is 10.1 Å². The number of rotatable bonds is 7. The number of nitrogens with zero attached hydrogens (tertiary/aromatic N) is 2. The van der Waals surface area contributed by atoms with Gasteiger partial charge in [-0.15, -0.1) is 0 Å². The molecule has 0 saturated carbocycles. The van der Waals surface area contributed by atoms with Gasteiger partial charge in [0.1, 0.15) is 23.1 Å². The Morgan fingerprint density at radius 2 is 1.97 bits per heavy atom. The lowest BCUT2D eigenvalue weighted by atomic mass is 10.2. The number of amides is 1. The fourth-order valence-electron chi connectivity index (χ4n) is 2.94. The van der Waals surface area contributed by atoms with Crippen molar-refractivity contribution in [2.24, 2.45) is 0 Å². The molecular weight excluding hydrogens is 402 g/mol. The second kappa shape index (κ2) is 8.88. The molecule has 0 unspecified atom stereocenters. The summed E-state index contributed by atoms with van der Waals surface area (Å²) < 4.78 is 13.0. The minimum Gasteiger partial charge on any atom is -0.486 e. The Bertz CT molecular complexity index is 1150. The molecule has 0 aliphatic rings. The normalized spacial score (nSPS) is 10.7. The lowest BCUT2D eigenvalue weighted by molar-refractivity contribution is 0.0992. The van der Waals surface area contributed by atoms with E-state index >= 15 is 0 Å². The summed E-state index contributed by atoms with van der Waals surface area (Å²) in [6.07, 6.45) is 1.67. The Hall–Kier alpha value is -3.51. The number of hydrogen-bond donors (Lipinski definition) is 1. The SMILES string of the molecule is Cc1cccc(OCc2ccc(C(=O)Nc3nn(Cc4ccccc4)cc3Cl)o2)c1. The second-order valence-electron chi connectivity index (χ2n) is 6.83. The third kappa shape index (κ3) is 4.90. The molecule has 4 aromatic rings. The van der Waals surface area contributed by atoms with Crippen molar-refractivity contribution in [2.45, 2.75) is 20.1 Å². The van der Waals surface area contributed by atoms with Crippen molar-refractivity contribution in [3.8, 4) is 5.75 Å². The number of nitrogens with one attached hydrogen (secondary N) is 1. The molecule has 1 amide bonds. The van der Waals surface area contributed by atoms with Crippen molar-refractivity contribution in [1.82, 2.24) is 9.78 Å². The van der Waals surface area contributed by atoms with Crippen LogP contribution in [0.2, 0.25) is 5.02 Å². The van der Waals surface area contributed by atoms with E-state index in [4.69, 9.17) is 20.8 Å². The zero-order valence-corrected chi connectivity index (χ0v) is 17.1. The maximum Gasteiger partial charge on any atom is 0.292 e. The molecule has 7 heteroatoms. The molecule has 30 heavy (non-hydrogen) atoms. The van der Waals surface area contributed by atoms with Crippen LogP contribution in [0.15, 0.2) is 77.3 Å². The van der Waals surface area contributed by atoms with E-state index in [9.17, 15) is 4.79 Å². The van der Waals surface area contributed by atoms with Crippen molar-refractivity contribution in [2.75, 3.05) is 5.32 Å².